The van der Waals surface area contributed by atoms with E-state index >= 15 is 0 Å². The van der Waals surface area contributed by atoms with Crippen LogP contribution in [0.2, 0.25) is 0 Å². The van der Waals surface area contributed by atoms with Gasteiger partial charge in [-0.1, -0.05) is 6.92 Å². The Kier molecular flexibility index (Phi) is 4.93. The van der Waals surface area contributed by atoms with Gasteiger partial charge in [0.2, 0.25) is 5.91 Å². The Labute approximate surface area is 140 Å². The van der Waals surface area contributed by atoms with Crippen LogP contribution in [-0.4, -0.2) is 16.1 Å². The summed E-state index contributed by atoms with van der Waals surface area (Å²) in [5.74, 6) is -11.2. The fourth-order valence-electron chi connectivity index (χ4n) is 2.04. The van der Waals surface area contributed by atoms with Gasteiger partial charge >= 0.3 is 6.18 Å². The third-order valence-electron chi connectivity index (χ3n) is 3.25. The zero-order valence-electron chi connectivity index (χ0n) is 12.7. The maximum Gasteiger partial charge on any atom is 0.422 e. The predicted octanol–water partition coefficient (Wildman–Crippen LogP) is 3.87. The molecule has 0 fully saturated rings. The highest BCUT2D eigenvalue weighted by Crippen LogP contribution is 2.40. The molecule has 138 valence electrons. The number of nitrogens with zero attached hydrogens (tertiary/aromatic N) is 2. The Morgan fingerprint density at radius 1 is 1.15 bits per heavy atom. The number of H-pyrrole nitrogens is 1. The van der Waals surface area contributed by atoms with Crippen LogP contribution in [0.5, 0.6) is 0 Å². The molecule has 0 aliphatic rings. The van der Waals surface area contributed by atoms with Gasteiger partial charge in [-0.2, -0.15) is 23.5 Å². The van der Waals surface area contributed by atoms with E-state index in [4.69, 9.17) is 5.26 Å². The topological polar surface area (TPSA) is 81.6 Å². The molecule has 0 saturated carbocycles. The number of hydrogen-bond donors (Lipinski definition) is 2. The van der Waals surface area contributed by atoms with Crippen molar-refractivity contribution >= 4 is 11.7 Å². The molecule has 1 aromatic heterocycles. The largest absolute Gasteiger partial charge is 0.422 e. The van der Waals surface area contributed by atoms with Gasteiger partial charge in [0, 0.05) is 6.42 Å². The zero-order valence-corrected chi connectivity index (χ0v) is 12.7. The average Bonchev–Trinajstić information content (AvgIpc) is 2.94. The number of benzene rings is 1. The number of amides is 1. The minimum Gasteiger partial charge on any atom is -0.310 e. The summed E-state index contributed by atoms with van der Waals surface area (Å²) in [7, 11) is 0. The van der Waals surface area contributed by atoms with E-state index in [0.717, 1.165) is 0 Å². The van der Waals surface area contributed by atoms with E-state index in [2.05, 4.69) is 10.4 Å². The first-order valence-corrected chi connectivity index (χ1v) is 6.76. The minimum absolute atomic E-state index is 0.0501. The molecule has 0 bridgehead atoms. The first-order chi connectivity index (χ1) is 12.0. The molecule has 0 radical (unpaired) electrons. The van der Waals surface area contributed by atoms with E-state index in [1.807, 2.05) is 5.10 Å². The number of aromatic nitrogens is 2. The molecule has 26 heavy (non-hydrogen) atoms. The Bertz CT molecular complexity index is 898. The van der Waals surface area contributed by atoms with Crippen LogP contribution in [0.1, 0.15) is 24.5 Å². The molecule has 2 rings (SSSR count). The van der Waals surface area contributed by atoms with E-state index in [1.165, 1.54) is 13.0 Å². The average molecular weight is 380 g/mol. The third-order valence-corrected chi connectivity index (χ3v) is 3.25. The summed E-state index contributed by atoms with van der Waals surface area (Å²) in [4.78, 5) is 11.3. The van der Waals surface area contributed by atoms with Gasteiger partial charge in [-0.05, 0) is 0 Å². The molecule has 0 aliphatic heterocycles. The second-order valence-corrected chi connectivity index (χ2v) is 4.84. The maximum atomic E-state index is 14.0. The molecule has 0 unspecified atom stereocenters. The van der Waals surface area contributed by atoms with E-state index in [0.29, 0.717) is 0 Å². The second-order valence-electron chi connectivity index (χ2n) is 4.84. The third kappa shape index (κ3) is 3.07. The highest BCUT2D eigenvalue weighted by molar-refractivity contribution is 5.92. The van der Waals surface area contributed by atoms with Crippen molar-refractivity contribution in [3.05, 3.63) is 34.4 Å². The van der Waals surface area contributed by atoms with Gasteiger partial charge < -0.3 is 5.32 Å². The van der Waals surface area contributed by atoms with E-state index in [-0.39, 0.29) is 6.42 Å². The number of hydrogen-bond acceptors (Lipinski definition) is 3. The lowest BCUT2D eigenvalue weighted by Crippen LogP contribution is -2.16. The molecular weight excluding hydrogens is 373 g/mol. The molecule has 1 amide bonds. The molecule has 0 atom stereocenters. The van der Waals surface area contributed by atoms with Gasteiger partial charge in [-0.3, -0.25) is 9.89 Å². The molecule has 0 spiro atoms. The second kappa shape index (κ2) is 6.66. The van der Waals surface area contributed by atoms with Crippen LogP contribution in [-0.2, 0) is 11.0 Å². The number of nitriles is 1. The van der Waals surface area contributed by atoms with Crippen LogP contribution >= 0.6 is 0 Å². The van der Waals surface area contributed by atoms with Crippen molar-refractivity contribution in [2.24, 2.45) is 0 Å². The first-order valence-electron chi connectivity index (χ1n) is 6.76. The lowest BCUT2D eigenvalue weighted by Gasteiger charge is -2.13. The number of nitrogens with one attached hydrogen (secondary N) is 2. The molecule has 0 saturated heterocycles. The van der Waals surface area contributed by atoms with Crippen LogP contribution in [0.3, 0.4) is 0 Å². The van der Waals surface area contributed by atoms with Gasteiger partial charge in [-0.15, -0.1) is 0 Å². The first kappa shape index (κ1) is 19.2. The van der Waals surface area contributed by atoms with Crippen molar-refractivity contribution in [3.63, 3.8) is 0 Å². The van der Waals surface area contributed by atoms with Crippen molar-refractivity contribution in [1.29, 1.82) is 5.26 Å². The Hall–Kier alpha value is -3.10. The molecule has 5 nitrogen and oxygen atoms in total. The molecule has 1 aromatic carbocycles. The summed E-state index contributed by atoms with van der Waals surface area (Å²) in [6.07, 6.45) is -5.75. The van der Waals surface area contributed by atoms with Crippen molar-refractivity contribution in [2.75, 3.05) is 5.32 Å². The summed E-state index contributed by atoms with van der Waals surface area (Å²) in [6.45, 7) is 1.44. The quantitative estimate of drug-likeness (QED) is 0.627. The van der Waals surface area contributed by atoms with Gasteiger partial charge in [-0.25, -0.2) is 17.6 Å². The van der Waals surface area contributed by atoms with E-state index in [9.17, 15) is 35.5 Å². The molecule has 2 N–H and O–H groups in total. The lowest BCUT2D eigenvalue weighted by atomic mass is 10.0. The van der Waals surface area contributed by atoms with Crippen LogP contribution in [0.4, 0.5) is 36.6 Å². The summed E-state index contributed by atoms with van der Waals surface area (Å²) < 4.78 is 93.3. The molecule has 0 aliphatic carbocycles. The van der Waals surface area contributed by atoms with Crippen molar-refractivity contribution in [3.8, 4) is 17.3 Å². The number of alkyl halides is 3. The number of anilines is 1. The lowest BCUT2D eigenvalue weighted by molar-refractivity contribution is -0.143. The molecule has 2 aromatic rings. The fraction of sp³-hybridized carbons (Fsp3) is 0.214. The maximum absolute atomic E-state index is 14.0. The molecule has 12 heteroatoms. The van der Waals surface area contributed by atoms with Crippen LogP contribution in [0, 0.1) is 34.6 Å². The van der Waals surface area contributed by atoms with Crippen LogP contribution in [0.15, 0.2) is 0 Å². The van der Waals surface area contributed by atoms with Gasteiger partial charge in [0.25, 0.3) is 0 Å². The van der Waals surface area contributed by atoms with Gasteiger partial charge in [0.1, 0.15) is 28.7 Å². The van der Waals surface area contributed by atoms with Crippen LogP contribution in [0.25, 0.3) is 11.3 Å². The zero-order chi connectivity index (χ0) is 19.8. The monoisotopic (exact) mass is 380 g/mol. The van der Waals surface area contributed by atoms with Crippen LogP contribution < -0.4 is 5.32 Å². The van der Waals surface area contributed by atoms with Gasteiger partial charge in [0.15, 0.2) is 23.3 Å². The summed E-state index contributed by atoms with van der Waals surface area (Å²) >= 11 is 0. The predicted molar refractivity (Wildman–Crippen MR) is 72.5 cm³/mol. The molecular formula is C14H7F7N4O. The number of halogens is 7. The van der Waals surface area contributed by atoms with Gasteiger partial charge in [0.05, 0.1) is 5.56 Å². The fourth-order valence-corrected chi connectivity index (χ4v) is 2.04. The van der Waals surface area contributed by atoms with Crippen molar-refractivity contribution in [1.82, 2.24) is 10.2 Å². The highest BCUT2D eigenvalue weighted by Gasteiger charge is 2.43. The summed E-state index contributed by atoms with van der Waals surface area (Å²) in [5, 5.41) is 16.5. The van der Waals surface area contributed by atoms with Crippen molar-refractivity contribution < 1.29 is 35.5 Å². The van der Waals surface area contributed by atoms with E-state index in [1.54, 1.807) is 0 Å². The smallest absolute Gasteiger partial charge is 0.310 e. The van der Waals surface area contributed by atoms with E-state index < -0.39 is 63.6 Å². The number of aromatic amines is 1. The number of carbonyl (C=O) groups excluding carboxylic acids is 1. The minimum atomic E-state index is -5.70. The standard InChI is InChI=1S/C14H7F7N4O/c1-2-5(26)23-13-4(3-22)12(24-25-13)6-8(15)10(17)7(14(19,20)21)11(18)9(6)16/h2H2,1H3,(H2,23,24,25,26). The molecule has 1 heterocycles. The Balaban J connectivity index is 2.76. The SMILES string of the molecule is CCC(=O)Nc1[nH]nc(-c2c(F)c(F)c(C(F)(F)F)c(F)c2F)c1C#N. The normalized spacial score (nSPS) is 11.3. The Morgan fingerprint density at radius 2 is 1.69 bits per heavy atom. The van der Waals surface area contributed by atoms with Crippen molar-refractivity contribution in [2.45, 2.75) is 19.5 Å². The number of carbonyl (C=O) groups is 1. The summed E-state index contributed by atoms with van der Waals surface area (Å²) in [6, 6.07) is 1.40. The Morgan fingerprint density at radius 3 is 2.12 bits per heavy atom. The highest BCUT2D eigenvalue weighted by atomic mass is 19.4. The summed E-state index contributed by atoms with van der Waals surface area (Å²) in [5.41, 5.74) is -6.08. The number of rotatable bonds is 3.